The van der Waals surface area contributed by atoms with E-state index in [9.17, 15) is 4.79 Å². The smallest absolute Gasteiger partial charge is 0.321 e. The summed E-state index contributed by atoms with van der Waals surface area (Å²) in [6.45, 7) is 0.892. The molecule has 2 saturated heterocycles. The van der Waals surface area contributed by atoms with Crippen LogP contribution in [0.25, 0.3) is 34.5 Å². The third kappa shape index (κ3) is 5.16. The van der Waals surface area contributed by atoms with Crippen LogP contribution in [0, 0.1) is 0 Å². The van der Waals surface area contributed by atoms with Gasteiger partial charge < -0.3 is 39.6 Å². The van der Waals surface area contributed by atoms with Gasteiger partial charge in [-0.1, -0.05) is 0 Å². The number of hydrogen-bond acceptors (Lipinski definition) is 13. The summed E-state index contributed by atoms with van der Waals surface area (Å²) in [5, 5.41) is 8.94. The highest BCUT2D eigenvalue weighted by Gasteiger charge is 2.41. The van der Waals surface area contributed by atoms with Crippen molar-refractivity contribution in [3.05, 3.63) is 60.3 Å². The number of nitrogen functional groups attached to an aromatic ring is 2. The normalized spacial score (nSPS) is 21.8. The number of amides is 2. The Morgan fingerprint density at radius 1 is 0.750 bits per heavy atom. The number of fused-ring (bicyclic) bond motifs is 2. The maximum atomic E-state index is 14.7. The van der Waals surface area contributed by atoms with Gasteiger partial charge in [0, 0.05) is 39.4 Å². The van der Waals surface area contributed by atoms with E-state index in [1.54, 1.807) is 51.0 Å². The molecule has 0 bridgehead atoms. The molecule has 8 rings (SSSR count). The zero-order chi connectivity index (χ0) is 32.9. The molecule has 0 saturated carbocycles. The first-order valence-electron chi connectivity index (χ1n) is 15.7. The number of furan rings is 2. The summed E-state index contributed by atoms with van der Waals surface area (Å²) in [5.74, 6) is 2.08. The van der Waals surface area contributed by atoms with Crippen molar-refractivity contribution in [1.29, 1.82) is 0 Å². The van der Waals surface area contributed by atoms with Crippen LogP contribution in [0.5, 0.6) is 0 Å². The van der Waals surface area contributed by atoms with Crippen molar-refractivity contribution < 1.29 is 23.1 Å². The predicted octanol–water partition coefficient (Wildman–Crippen LogP) is 3.37. The topological polar surface area (TPSA) is 206 Å². The second kappa shape index (κ2) is 11.9. The van der Waals surface area contributed by atoms with Crippen LogP contribution < -0.4 is 11.5 Å². The van der Waals surface area contributed by atoms with E-state index in [0.29, 0.717) is 84.6 Å². The Morgan fingerprint density at radius 2 is 1.21 bits per heavy atom. The zero-order valence-electron chi connectivity index (χ0n) is 26.3. The second-order valence-corrected chi connectivity index (χ2v) is 11.9. The lowest BCUT2D eigenvalue weighted by Gasteiger charge is -2.45. The minimum Gasteiger partial charge on any atom is -0.461 e. The summed E-state index contributed by atoms with van der Waals surface area (Å²) in [6, 6.07) is 9.64. The molecule has 4 atom stereocenters. The summed E-state index contributed by atoms with van der Waals surface area (Å²) in [6.07, 6.45) is 5.32. The number of carbonyl (C=O) groups is 1. The molecule has 48 heavy (non-hydrogen) atoms. The largest absolute Gasteiger partial charge is 0.461 e. The van der Waals surface area contributed by atoms with E-state index >= 15 is 0 Å². The molecule has 2 aliphatic rings. The molecule has 0 aliphatic carbocycles. The van der Waals surface area contributed by atoms with E-state index in [2.05, 4.69) is 20.2 Å². The van der Waals surface area contributed by atoms with E-state index in [1.807, 2.05) is 21.9 Å². The van der Waals surface area contributed by atoms with Gasteiger partial charge in [-0.2, -0.15) is 9.03 Å². The van der Waals surface area contributed by atoms with Gasteiger partial charge in [-0.05, 0) is 49.9 Å². The number of nitrogens with zero attached hydrogens (tertiary/aromatic N) is 10. The van der Waals surface area contributed by atoms with Gasteiger partial charge in [-0.25, -0.2) is 24.7 Å². The summed E-state index contributed by atoms with van der Waals surface area (Å²) >= 11 is 0. The van der Waals surface area contributed by atoms with Crippen molar-refractivity contribution in [2.75, 3.05) is 38.8 Å². The third-order valence-corrected chi connectivity index (χ3v) is 9.17. The van der Waals surface area contributed by atoms with Crippen LogP contribution in [0.2, 0.25) is 0 Å². The van der Waals surface area contributed by atoms with Gasteiger partial charge in [-0.3, -0.25) is 0 Å². The lowest BCUT2D eigenvalue weighted by atomic mass is 9.94. The van der Waals surface area contributed by atoms with Gasteiger partial charge in [-0.15, -0.1) is 10.2 Å². The molecule has 2 fully saturated rings. The Bertz CT molecular complexity index is 1930. The molecular formula is C31H34N12O5. The summed E-state index contributed by atoms with van der Waals surface area (Å²) in [4.78, 5) is 37.0. The highest BCUT2D eigenvalue weighted by atomic mass is 16.5. The summed E-state index contributed by atoms with van der Waals surface area (Å²) < 4.78 is 25.4. The number of carbonyl (C=O) groups excluding carboxylic acids is 1. The molecule has 2 amide bonds. The number of aromatic nitrogens is 8. The van der Waals surface area contributed by atoms with Gasteiger partial charge in [0.15, 0.2) is 22.8 Å². The first-order chi connectivity index (χ1) is 23.4. The number of likely N-dealkylation sites (tertiary alicyclic amines) is 2. The number of urea groups is 1. The van der Waals surface area contributed by atoms with E-state index in [-0.39, 0.29) is 30.1 Å². The van der Waals surface area contributed by atoms with Crippen molar-refractivity contribution >= 4 is 29.2 Å². The molecule has 4 unspecified atom stereocenters. The second-order valence-electron chi connectivity index (χ2n) is 11.9. The first kappa shape index (κ1) is 29.8. The van der Waals surface area contributed by atoms with E-state index in [1.165, 1.54) is 9.03 Å². The standard InChI is InChI=1S/C31H34N12O5/c1-45-17-7-9-40(21(13-17)19-15-25-36-27(23-5-3-11-47-23)38-42(25)29(32)34-19)31(44)41-10-8-18(46-2)14-22(41)20-16-26-37-28(24-6-4-12-48-24)39-43(26)30(33)35-20/h3-6,11-12,15-18,21-22H,7-10,13-14H2,1-2H3,(H2,32,34)(H2,33,35). The molecule has 248 valence electrons. The molecule has 17 nitrogen and oxygen atoms in total. The van der Waals surface area contributed by atoms with E-state index in [4.69, 9.17) is 39.7 Å². The zero-order valence-corrected chi connectivity index (χ0v) is 26.3. The molecule has 6 aromatic heterocycles. The van der Waals surface area contributed by atoms with Crippen LogP contribution in [0.4, 0.5) is 16.7 Å². The number of anilines is 2. The Kier molecular flexibility index (Phi) is 7.40. The van der Waals surface area contributed by atoms with Crippen molar-refractivity contribution in [2.45, 2.75) is 50.0 Å². The summed E-state index contributed by atoms with van der Waals surface area (Å²) in [7, 11) is 3.36. The highest BCUT2D eigenvalue weighted by molar-refractivity contribution is 5.76. The van der Waals surface area contributed by atoms with Crippen LogP contribution in [0.3, 0.4) is 0 Å². The van der Waals surface area contributed by atoms with Gasteiger partial charge in [0.05, 0.1) is 48.2 Å². The SMILES string of the molecule is COC1CCN(C(=O)N2CCC(OC)CC2c2cc3nc(-c4ccco4)nn3c(N)n2)C(c2cc3nc(-c4ccco4)nn3c(N)n2)C1. The molecular weight excluding hydrogens is 620 g/mol. The van der Waals surface area contributed by atoms with E-state index < -0.39 is 12.1 Å². The van der Waals surface area contributed by atoms with Crippen molar-refractivity contribution in [3.63, 3.8) is 0 Å². The number of nitrogens with two attached hydrogens (primary N) is 2. The molecule has 17 heteroatoms. The Balaban J connectivity index is 1.15. The maximum absolute atomic E-state index is 14.7. The van der Waals surface area contributed by atoms with E-state index in [0.717, 1.165) is 0 Å². The monoisotopic (exact) mass is 654 g/mol. The van der Waals surface area contributed by atoms with Crippen molar-refractivity contribution in [1.82, 2.24) is 49.0 Å². The number of hydrogen-bond donors (Lipinski definition) is 2. The van der Waals surface area contributed by atoms with Crippen molar-refractivity contribution in [2.24, 2.45) is 0 Å². The Hall–Kier alpha value is -5.55. The van der Waals surface area contributed by atoms with Gasteiger partial charge in [0.1, 0.15) is 0 Å². The minimum atomic E-state index is -0.444. The quantitative estimate of drug-likeness (QED) is 0.264. The molecule has 0 radical (unpaired) electrons. The van der Waals surface area contributed by atoms with Crippen molar-refractivity contribution in [3.8, 4) is 23.2 Å². The van der Waals surface area contributed by atoms with Crippen LogP contribution in [0.1, 0.15) is 49.2 Å². The average Bonchev–Trinajstić information content (AvgIpc) is 3.94. The van der Waals surface area contributed by atoms with Crippen LogP contribution in [-0.2, 0) is 9.47 Å². The molecule has 0 aromatic carbocycles. The fraction of sp³-hybridized carbons (Fsp3) is 0.387. The molecule has 8 heterocycles. The summed E-state index contributed by atoms with van der Waals surface area (Å²) in [5.41, 5.74) is 15.0. The fourth-order valence-electron chi connectivity index (χ4n) is 6.70. The third-order valence-electron chi connectivity index (χ3n) is 9.17. The lowest BCUT2D eigenvalue weighted by molar-refractivity contribution is -0.00590. The number of methoxy groups -OCH3 is 2. The van der Waals surface area contributed by atoms with Crippen LogP contribution in [-0.4, -0.2) is 94.5 Å². The highest BCUT2D eigenvalue weighted by Crippen LogP contribution is 2.38. The molecule has 4 N–H and O–H groups in total. The number of piperidine rings is 2. The van der Waals surface area contributed by atoms with Crippen LogP contribution >= 0.6 is 0 Å². The Morgan fingerprint density at radius 3 is 1.60 bits per heavy atom. The molecule has 0 spiro atoms. The molecule has 6 aromatic rings. The van der Waals surface area contributed by atoms with Gasteiger partial charge >= 0.3 is 6.03 Å². The molecule has 2 aliphatic heterocycles. The number of rotatable bonds is 6. The van der Waals surface area contributed by atoms with Gasteiger partial charge in [0.2, 0.25) is 23.5 Å². The first-order valence-corrected chi connectivity index (χ1v) is 15.7. The Labute approximate surface area is 273 Å². The predicted molar refractivity (Wildman–Crippen MR) is 170 cm³/mol. The maximum Gasteiger partial charge on any atom is 0.321 e. The van der Waals surface area contributed by atoms with Crippen LogP contribution in [0.15, 0.2) is 57.8 Å². The van der Waals surface area contributed by atoms with Gasteiger partial charge in [0.25, 0.3) is 0 Å². The lowest BCUT2D eigenvalue weighted by Crippen LogP contribution is -2.53. The fourth-order valence-corrected chi connectivity index (χ4v) is 6.70. The minimum absolute atomic E-state index is 0.0787. The number of ether oxygens (including phenoxy) is 2. The average molecular weight is 655 g/mol.